The van der Waals surface area contributed by atoms with Gasteiger partial charge in [0.25, 0.3) is 0 Å². The Bertz CT molecular complexity index is 570. The van der Waals surface area contributed by atoms with E-state index in [1.165, 1.54) is 0 Å². The van der Waals surface area contributed by atoms with Gasteiger partial charge >= 0.3 is 0 Å². The van der Waals surface area contributed by atoms with Gasteiger partial charge < -0.3 is 15.6 Å². The van der Waals surface area contributed by atoms with Crippen molar-refractivity contribution in [1.82, 2.24) is 0 Å². The minimum atomic E-state index is -1.02. The lowest BCUT2D eigenvalue weighted by atomic mass is 9.83. The highest BCUT2D eigenvalue weighted by molar-refractivity contribution is 5.41. The van der Waals surface area contributed by atoms with Crippen LogP contribution in [-0.2, 0) is 5.60 Å². The molecule has 0 radical (unpaired) electrons. The molecule has 1 aliphatic heterocycles. The third-order valence-electron chi connectivity index (χ3n) is 3.69. The first-order valence-electron chi connectivity index (χ1n) is 6.46. The van der Waals surface area contributed by atoms with Crippen LogP contribution in [0.3, 0.4) is 0 Å². The van der Waals surface area contributed by atoms with Gasteiger partial charge in [0.1, 0.15) is 17.5 Å². The Morgan fingerprint density at radius 2 is 1.79 bits per heavy atom. The molecule has 2 unspecified atom stereocenters. The number of fused-ring (bicyclic) bond motifs is 1. The van der Waals surface area contributed by atoms with Gasteiger partial charge in [-0.1, -0.05) is 48.5 Å². The predicted octanol–water partition coefficient (Wildman–Crippen LogP) is 2.36. The van der Waals surface area contributed by atoms with Crippen LogP contribution in [0.25, 0.3) is 0 Å². The van der Waals surface area contributed by atoms with Crippen LogP contribution in [0.1, 0.15) is 23.7 Å². The van der Waals surface area contributed by atoms with Crippen molar-refractivity contribution in [2.75, 3.05) is 6.54 Å². The van der Waals surface area contributed by atoms with Crippen LogP contribution in [0.2, 0.25) is 0 Å². The van der Waals surface area contributed by atoms with Crippen molar-refractivity contribution in [2.24, 2.45) is 5.73 Å². The van der Waals surface area contributed by atoms with E-state index in [2.05, 4.69) is 0 Å². The number of para-hydroxylation sites is 1. The standard InChI is InChI=1S/C16H17NO2/c17-11-16(18)10-15(12-6-2-1-3-7-12)19-14-9-5-4-8-13(14)16/h1-9,15,18H,10-11,17H2. The number of rotatable bonds is 2. The summed E-state index contributed by atoms with van der Waals surface area (Å²) in [5.74, 6) is 0.718. The van der Waals surface area contributed by atoms with Gasteiger partial charge in [-0.3, -0.25) is 0 Å². The molecule has 0 bridgehead atoms. The van der Waals surface area contributed by atoms with Crippen molar-refractivity contribution in [2.45, 2.75) is 18.1 Å². The van der Waals surface area contributed by atoms with Gasteiger partial charge in [0.2, 0.25) is 0 Å². The average molecular weight is 255 g/mol. The van der Waals surface area contributed by atoms with Crippen molar-refractivity contribution in [3.63, 3.8) is 0 Å². The summed E-state index contributed by atoms with van der Waals surface area (Å²) in [5.41, 5.74) is 6.61. The molecule has 0 fully saturated rings. The van der Waals surface area contributed by atoms with E-state index < -0.39 is 5.60 Å². The van der Waals surface area contributed by atoms with Gasteiger partial charge in [-0.2, -0.15) is 0 Å². The number of aliphatic hydroxyl groups is 1. The summed E-state index contributed by atoms with van der Waals surface area (Å²) in [5, 5.41) is 10.8. The van der Waals surface area contributed by atoms with Crippen LogP contribution in [0, 0.1) is 0 Å². The molecule has 1 aliphatic rings. The minimum Gasteiger partial charge on any atom is -0.485 e. The molecule has 2 aromatic carbocycles. The maximum Gasteiger partial charge on any atom is 0.127 e. The summed E-state index contributed by atoms with van der Waals surface area (Å²) in [6.45, 7) is 0.191. The number of hydrogen-bond donors (Lipinski definition) is 2. The van der Waals surface area contributed by atoms with Crippen LogP contribution in [0.15, 0.2) is 54.6 Å². The summed E-state index contributed by atoms with van der Waals surface area (Å²) in [6.07, 6.45) is 0.314. The molecule has 0 saturated carbocycles. The van der Waals surface area contributed by atoms with Crippen molar-refractivity contribution in [3.8, 4) is 5.75 Å². The zero-order valence-corrected chi connectivity index (χ0v) is 10.6. The molecule has 0 aromatic heterocycles. The number of ether oxygens (including phenoxy) is 1. The summed E-state index contributed by atoms with van der Waals surface area (Å²) in [4.78, 5) is 0. The zero-order chi connectivity index (χ0) is 13.3. The van der Waals surface area contributed by atoms with E-state index in [9.17, 15) is 5.11 Å². The second-order valence-corrected chi connectivity index (χ2v) is 4.95. The first-order chi connectivity index (χ1) is 9.23. The topological polar surface area (TPSA) is 55.5 Å². The first-order valence-corrected chi connectivity index (χ1v) is 6.46. The third kappa shape index (κ3) is 2.11. The number of hydrogen-bond acceptors (Lipinski definition) is 3. The Balaban J connectivity index is 2.02. The van der Waals surface area contributed by atoms with Crippen LogP contribution in [0.4, 0.5) is 0 Å². The molecule has 2 aromatic rings. The summed E-state index contributed by atoms with van der Waals surface area (Å²) in [7, 11) is 0. The molecule has 3 rings (SSSR count). The molecule has 3 heteroatoms. The highest BCUT2D eigenvalue weighted by atomic mass is 16.5. The molecular formula is C16H17NO2. The molecule has 0 saturated heterocycles. The van der Waals surface area contributed by atoms with Gasteiger partial charge in [-0.05, 0) is 11.6 Å². The fraction of sp³-hybridized carbons (Fsp3) is 0.250. The van der Waals surface area contributed by atoms with E-state index in [0.717, 1.165) is 16.9 Å². The van der Waals surface area contributed by atoms with E-state index in [1.54, 1.807) is 0 Å². The molecule has 3 N–H and O–H groups in total. The minimum absolute atomic E-state index is 0.162. The van der Waals surface area contributed by atoms with Crippen molar-refractivity contribution >= 4 is 0 Å². The van der Waals surface area contributed by atoms with E-state index in [4.69, 9.17) is 10.5 Å². The summed E-state index contributed by atoms with van der Waals surface area (Å²) in [6, 6.07) is 17.5. The van der Waals surface area contributed by atoms with Crippen molar-refractivity contribution < 1.29 is 9.84 Å². The number of benzene rings is 2. The fourth-order valence-corrected chi connectivity index (χ4v) is 2.61. The Hall–Kier alpha value is -1.84. The van der Waals surface area contributed by atoms with E-state index >= 15 is 0 Å². The lowest BCUT2D eigenvalue weighted by Gasteiger charge is -2.38. The lowest BCUT2D eigenvalue weighted by Crippen LogP contribution is -2.40. The molecule has 2 atom stereocenters. The normalized spacial score (nSPS) is 25.5. The predicted molar refractivity (Wildman–Crippen MR) is 73.8 cm³/mol. The first kappa shape index (κ1) is 12.2. The summed E-state index contributed by atoms with van der Waals surface area (Å²) >= 11 is 0. The summed E-state index contributed by atoms with van der Waals surface area (Å²) < 4.78 is 6.00. The van der Waals surface area contributed by atoms with E-state index in [-0.39, 0.29) is 12.6 Å². The molecule has 19 heavy (non-hydrogen) atoms. The van der Waals surface area contributed by atoms with Crippen LogP contribution in [0.5, 0.6) is 5.75 Å². The molecule has 3 nitrogen and oxygen atoms in total. The Kier molecular flexibility index (Phi) is 3.01. The fourth-order valence-electron chi connectivity index (χ4n) is 2.61. The monoisotopic (exact) mass is 255 g/mol. The third-order valence-corrected chi connectivity index (χ3v) is 3.69. The molecule has 1 heterocycles. The van der Waals surface area contributed by atoms with Gasteiger partial charge in [-0.25, -0.2) is 0 Å². The Morgan fingerprint density at radius 1 is 1.11 bits per heavy atom. The molecular weight excluding hydrogens is 238 g/mol. The maximum atomic E-state index is 10.8. The van der Waals surface area contributed by atoms with Crippen LogP contribution < -0.4 is 10.5 Å². The lowest BCUT2D eigenvalue weighted by molar-refractivity contribution is -0.0244. The molecule has 0 aliphatic carbocycles. The van der Waals surface area contributed by atoms with Gasteiger partial charge in [0.15, 0.2) is 0 Å². The van der Waals surface area contributed by atoms with E-state index in [1.807, 2.05) is 54.6 Å². The smallest absolute Gasteiger partial charge is 0.127 e. The average Bonchev–Trinajstić information content (AvgIpc) is 2.48. The quantitative estimate of drug-likeness (QED) is 0.866. The van der Waals surface area contributed by atoms with Gasteiger partial charge in [-0.15, -0.1) is 0 Å². The molecule has 0 amide bonds. The van der Waals surface area contributed by atoms with Crippen molar-refractivity contribution in [3.05, 3.63) is 65.7 Å². The zero-order valence-electron chi connectivity index (χ0n) is 10.6. The Morgan fingerprint density at radius 3 is 2.53 bits per heavy atom. The van der Waals surface area contributed by atoms with Gasteiger partial charge in [0, 0.05) is 18.5 Å². The van der Waals surface area contributed by atoms with Gasteiger partial charge in [0.05, 0.1) is 0 Å². The molecule has 98 valence electrons. The second-order valence-electron chi connectivity index (χ2n) is 4.95. The van der Waals surface area contributed by atoms with Crippen LogP contribution >= 0.6 is 0 Å². The molecule has 0 spiro atoms. The largest absolute Gasteiger partial charge is 0.485 e. The second kappa shape index (κ2) is 4.68. The van der Waals surface area contributed by atoms with Crippen molar-refractivity contribution in [1.29, 1.82) is 0 Å². The SMILES string of the molecule is NCC1(O)CC(c2ccccc2)Oc2ccccc21. The highest BCUT2D eigenvalue weighted by Gasteiger charge is 2.39. The maximum absolute atomic E-state index is 10.8. The van der Waals surface area contributed by atoms with E-state index in [0.29, 0.717) is 6.42 Å². The Labute approximate surface area is 112 Å². The number of nitrogens with two attached hydrogens (primary N) is 1. The van der Waals surface area contributed by atoms with Crippen LogP contribution in [-0.4, -0.2) is 11.7 Å². The highest BCUT2D eigenvalue weighted by Crippen LogP contribution is 2.43.